The van der Waals surface area contributed by atoms with E-state index in [9.17, 15) is 0 Å². The number of nitrogens with one attached hydrogen (secondary N) is 1. The molecule has 1 heterocycles. The molecule has 2 nitrogen and oxygen atoms in total. The second kappa shape index (κ2) is 7.28. The smallest absolute Gasteiger partial charge is 0.0406 e. The van der Waals surface area contributed by atoms with Crippen LogP contribution in [0.1, 0.15) is 44.7 Å². The van der Waals surface area contributed by atoms with Gasteiger partial charge in [-0.15, -0.1) is 0 Å². The zero-order valence-electron chi connectivity index (χ0n) is 12.0. The summed E-state index contributed by atoms with van der Waals surface area (Å²) >= 11 is 5.97. The first-order valence-corrected chi connectivity index (χ1v) is 7.81. The van der Waals surface area contributed by atoms with Gasteiger partial charge in [0.25, 0.3) is 0 Å². The highest BCUT2D eigenvalue weighted by Crippen LogP contribution is 2.23. The first kappa shape index (κ1) is 14.8. The Bertz CT molecular complexity index is 377. The van der Waals surface area contributed by atoms with Crippen molar-refractivity contribution in [2.45, 2.75) is 45.2 Å². The molecule has 0 bridgehead atoms. The van der Waals surface area contributed by atoms with E-state index in [0.29, 0.717) is 12.1 Å². The molecule has 2 unspecified atom stereocenters. The predicted octanol–water partition coefficient (Wildman–Crippen LogP) is 3.87. The molecule has 106 valence electrons. The molecular weight excluding hydrogens is 256 g/mol. The molecule has 1 saturated heterocycles. The average molecular weight is 281 g/mol. The summed E-state index contributed by atoms with van der Waals surface area (Å²) < 4.78 is 0. The van der Waals surface area contributed by atoms with Crippen molar-refractivity contribution in [3.63, 3.8) is 0 Å². The van der Waals surface area contributed by atoms with Crippen LogP contribution >= 0.6 is 11.6 Å². The highest BCUT2D eigenvalue weighted by atomic mass is 35.5. The normalized spacial score (nSPS) is 23.0. The Morgan fingerprint density at radius 2 is 2.11 bits per heavy atom. The molecule has 0 amide bonds. The monoisotopic (exact) mass is 280 g/mol. The maximum Gasteiger partial charge on any atom is 0.0406 e. The lowest BCUT2D eigenvalue weighted by atomic mass is 10.1. The Kier molecular flexibility index (Phi) is 5.68. The highest BCUT2D eigenvalue weighted by molar-refractivity contribution is 6.30. The summed E-state index contributed by atoms with van der Waals surface area (Å²) in [7, 11) is 0. The predicted molar refractivity (Wildman–Crippen MR) is 82.8 cm³/mol. The molecule has 0 radical (unpaired) electrons. The molecule has 1 aromatic carbocycles. The van der Waals surface area contributed by atoms with Gasteiger partial charge in [-0.1, -0.05) is 37.1 Å². The molecule has 0 spiro atoms. The van der Waals surface area contributed by atoms with E-state index in [2.05, 4.69) is 36.2 Å². The summed E-state index contributed by atoms with van der Waals surface area (Å²) in [6.45, 7) is 8.04. The van der Waals surface area contributed by atoms with Crippen molar-refractivity contribution in [3.05, 3.63) is 34.9 Å². The van der Waals surface area contributed by atoms with Crippen LogP contribution in [0.5, 0.6) is 0 Å². The van der Waals surface area contributed by atoms with Crippen LogP contribution in [0.15, 0.2) is 24.3 Å². The van der Waals surface area contributed by atoms with Crippen LogP contribution in [0.3, 0.4) is 0 Å². The van der Waals surface area contributed by atoms with E-state index in [1.54, 1.807) is 0 Å². The quantitative estimate of drug-likeness (QED) is 0.901. The van der Waals surface area contributed by atoms with Gasteiger partial charge in [0, 0.05) is 30.2 Å². The molecular formula is C16H25ClN2. The minimum atomic E-state index is 0.469. The lowest BCUT2D eigenvalue weighted by Gasteiger charge is -2.30. The van der Waals surface area contributed by atoms with Crippen LogP contribution < -0.4 is 5.32 Å². The van der Waals surface area contributed by atoms with Crippen LogP contribution in [0, 0.1) is 0 Å². The molecule has 1 aliphatic heterocycles. The van der Waals surface area contributed by atoms with E-state index in [4.69, 9.17) is 11.6 Å². The van der Waals surface area contributed by atoms with Gasteiger partial charge in [-0.2, -0.15) is 0 Å². The van der Waals surface area contributed by atoms with E-state index in [-0.39, 0.29) is 0 Å². The fourth-order valence-electron chi connectivity index (χ4n) is 2.87. The van der Waals surface area contributed by atoms with Gasteiger partial charge < -0.3 is 5.32 Å². The third-order valence-electron chi connectivity index (χ3n) is 4.05. The Morgan fingerprint density at radius 3 is 2.79 bits per heavy atom. The van der Waals surface area contributed by atoms with Crippen LogP contribution in [-0.4, -0.2) is 30.6 Å². The molecule has 0 saturated carbocycles. The van der Waals surface area contributed by atoms with Gasteiger partial charge in [0.15, 0.2) is 0 Å². The molecule has 19 heavy (non-hydrogen) atoms. The standard InChI is InChI=1S/C16H25ClN2/c1-3-5-16-12-19(11-4-10-18-16)13(2)14-6-8-15(17)9-7-14/h6-9,13,16,18H,3-5,10-12H2,1-2H3. The lowest BCUT2D eigenvalue weighted by molar-refractivity contribution is 0.203. The van der Waals surface area contributed by atoms with Crippen molar-refractivity contribution in [3.8, 4) is 0 Å². The van der Waals surface area contributed by atoms with Gasteiger partial charge in [-0.05, 0) is 44.0 Å². The third kappa shape index (κ3) is 4.20. The van der Waals surface area contributed by atoms with E-state index < -0.39 is 0 Å². The van der Waals surface area contributed by atoms with Crippen molar-refractivity contribution >= 4 is 11.6 Å². The van der Waals surface area contributed by atoms with Crippen LogP contribution in [0.2, 0.25) is 5.02 Å². The van der Waals surface area contributed by atoms with E-state index in [0.717, 1.165) is 18.1 Å². The average Bonchev–Trinajstić information content (AvgIpc) is 2.65. The largest absolute Gasteiger partial charge is 0.313 e. The zero-order valence-corrected chi connectivity index (χ0v) is 12.8. The second-order valence-electron chi connectivity index (χ2n) is 5.52. The van der Waals surface area contributed by atoms with Crippen molar-refractivity contribution in [1.82, 2.24) is 10.2 Å². The fraction of sp³-hybridized carbons (Fsp3) is 0.625. The van der Waals surface area contributed by atoms with Crippen molar-refractivity contribution in [1.29, 1.82) is 0 Å². The van der Waals surface area contributed by atoms with Crippen molar-refractivity contribution in [2.24, 2.45) is 0 Å². The van der Waals surface area contributed by atoms with E-state index in [1.807, 2.05) is 12.1 Å². The van der Waals surface area contributed by atoms with Crippen LogP contribution in [-0.2, 0) is 0 Å². The maximum atomic E-state index is 5.97. The number of nitrogens with zero attached hydrogens (tertiary/aromatic N) is 1. The van der Waals surface area contributed by atoms with Crippen molar-refractivity contribution in [2.75, 3.05) is 19.6 Å². The summed E-state index contributed by atoms with van der Waals surface area (Å²) in [5, 5.41) is 4.48. The van der Waals surface area contributed by atoms with Gasteiger partial charge in [0.1, 0.15) is 0 Å². The minimum Gasteiger partial charge on any atom is -0.313 e. The van der Waals surface area contributed by atoms with E-state index in [1.165, 1.54) is 31.4 Å². The molecule has 1 N–H and O–H groups in total. The Labute approximate surface area is 122 Å². The van der Waals surface area contributed by atoms with Gasteiger partial charge in [-0.3, -0.25) is 4.90 Å². The number of hydrogen-bond acceptors (Lipinski definition) is 2. The first-order chi connectivity index (χ1) is 9.20. The number of rotatable bonds is 4. The topological polar surface area (TPSA) is 15.3 Å². The molecule has 2 atom stereocenters. The van der Waals surface area contributed by atoms with E-state index >= 15 is 0 Å². The first-order valence-electron chi connectivity index (χ1n) is 7.43. The zero-order chi connectivity index (χ0) is 13.7. The number of benzene rings is 1. The highest BCUT2D eigenvalue weighted by Gasteiger charge is 2.21. The molecule has 2 rings (SSSR count). The fourth-order valence-corrected chi connectivity index (χ4v) is 3.00. The van der Waals surface area contributed by atoms with Gasteiger partial charge >= 0.3 is 0 Å². The summed E-state index contributed by atoms with van der Waals surface area (Å²) in [4.78, 5) is 2.60. The Morgan fingerprint density at radius 1 is 1.37 bits per heavy atom. The molecule has 1 fully saturated rings. The van der Waals surface area contributed by atoms with Crippen LogP contribution in [0.4, 0.5) is 0 Å². The van der Waals surface area contributed by atoms with Crippen molar-refractivity contribution < 1.29 is 0 Å². The summed E-state index contributed by atoms with van der Waals surface area (Å²) in [5.74, 6) is 0. The molecule has 0 aromatic heterocycles. The molecule has 0 aliphatic carbocycles. The number of hydrogen-bond donors (Lipinski definition) is 1. The third-order valence-corrected chi connectivity index (χ3v) is 4.30. The maximum absolute atomic E-state index is 5.97. The lowest BCUT2D eigenvalue weighted by Crippen LogP contribution is -2.38. The Balaban J connectivity index is 2.03. The van der Waals surface area contributed by atoms with Gasteiger partial charge in [0.05, 0.1) is 0 Å². The molecule has 1 aliphatic rings. The van der Waals surface area contributed by atoms with Gasteiger partial charge in [0.2, 0.25) is 0 Å². The minimum absolute atomic E-state index is 0.469. The summed E-state index contributed by atoms with van der Waals surface area (Å²) in [6, 6.07) is 9.40. The number of halogens is 1. The van der Waals surface area contributed by atoms with Crippen LogP contribution in [0.25, 0.3) is 0 Å². The summed E-state index contributed by atoms with van der Waals surface area (Å²) in [6.07, 6.45) is 3.75. The Hall–Kier alpha value is -0.570. The van der Waals surface area contributed by atoms with Gasteiger partial charge in [-0.25, -0.2) is 0 Å². The molecule has 1 aromatic rings. The summed E-state index contributed by atoms with van der Waals surface area (Å²) in [5.41, 5.74) is 1.36. The molecule has 3 heteroatoms. The second-order valence-corrected chi connectivity index (χ2v) is 5.95. The SMILES string of the molecule is CCCC1CN(C(C)c2ccc(Cl)cc2)CCCN1.